The van der Waals surface area contributed by atoms with Gasteiger partial charge in [0.1, 0.15) is 17.1 Å². The smallest absolute Gasteiger partial charge is 0.336 e. The fourth-order valence-corrected chi connectivity index (χ4v) is 3.50. The van der Waals surface area contributed by atoms with Gasteiger partial charge in [-0.3, -0.25) is 14.9 Å². The molecule has 0 unspecified atom stereocenters. The van der Waals surface area contributed by atoms with Gasteiger partial charge in [-0.15, -0.1) is 0 Å². The molecule has 180 valence electrons. The molecular formula is C24H25ClN2O7. The van der Waals surface area contributed by atoms with Gasteiger partial charge >= 0.3 is 6.03 Å². The molecule has 0 saturated carbocycles. The van der Waals surface area contributed by atoms with Gasteiger partial charge in [0.2, 0.25) is 0 Å². The Kier molecular flexibility index (Phi) is 7.68. The van der Waals surface area contributed by atoms with Gasteiger partial charge in [0.25, 0.3) is 11.8 Å². The number of hydrogen-bond acceptors (Lipinski definition) is 7. The van der Waals surface area contributed by atoms with E-state index in [1.54, 1.807) is 18.2 Å². The summed E-state index contributed by atoms with van der Waals surface area (Å²) in [5, 5.41) is 2.43. The number of nitrogens with one attached hydrogen (secondary N) is 1. The lowest BCUT2D eigenvalue weighted by atomic mass is 10.1. The minimum atomic E-state index is -0.900. The quantitative estimate of drug-likeness (QED) is 0.438. The van der Waals surface area contributed by atoms with Gasteiger partial charge in [0, 0.05) is 6.07 Å². The van der Waals surface area contributed by atoms with Crippen LogP contribution in [0.15, 0.2) is 35.9 Å². The predicted molar refractivity (Wildman–Crippen MR) is 127 cm³/mol. The van der Waals surface area contributed by atoms with E-state index in [1.807, 2.05) is 13.8 Å². The lowest BCUT2D eigenvalue weighted by molar-refractivity contribution is -0.122. The highest BCUT2D eigenvalue weighted by Gasteiger charge is 2.38. The second-order valence-electron chi connectivity index (χ2n) is 7.37. The van der Waals surface area contributed by atoms with Crippen molar-refractivity contribution in [3.05, 3.63) is 46.5 Å². The Morgan fingerprint density at radius 2 is 1.74 bits per heavy atom. The number of urea groups is 1. The van der Waals surface area contributed by atoms with Crippen molar-refractivity contribution >= 4 is 41.2 Å². The Bertz CT molecular complexity index is 1160. The van der Waals surface area contributed by atoms with Crippen LogP contribution in [0.4, 0.5) is 10.5 Å². The fourth-order valence-electron chi connectivity index (χ4n) is 3.23. The first-order valence-electron chi connectivity index (χ1n) is 10.4. The van der Waals surface area contributed by atoms with E-state index in [4.69, 9.17) is 30.5 Å². The maximum atomic E-state index is 13.3. The first-order valence-corrected chi connectivity index (χ1v) is 10.8. The van der Waals surface area contributed by atoms with Crippen molar-refractivity contribution in [1.29, 1.82) is 0 Å². The summed E-state index contributed by atoms with van der Waals surface area (Å²) < 4.78 is 21.7. The average molecular weight is 489 g/mol. The second kappa shape index (κ2) is 10.5. The molecular weight excluding hydrogens is 464 g/mol. The van der Waals surface area contributed by atoms with E-state index in [1.165, 1.54) is 39.5 Å². The number of hydrogen-bond donors (Lipinski definition) is 1. The van der Waals surface area contributed by atoms with Crippen molar-refractivity contribution in [3.63, 3.8) is 0 Å². The van der Waals surface area contributed by atoms with Crippen LogP contribution in [0.5, 0.6) is 23.0 Å². The van der Waals surface area contributed by atoms with Gasteiger partial charge < -0.3 is 18.9 Å². The van der Waals surface area contributed by atoms with Crippen molar-refractivity contribution in [2.75, 3.05) is 26.2 Å². The molecule has 1 aliphatic heterocycles. The monoisotopic (exact) mass is 488 g/mol. The maximum Gasteiger partial charge on any atom is 0.336 e. The molecule has 0 bridgehead atoms. The van der Waals surface area contributed by atoms with Crippen LogP contribution in [0, 0.1) is 0 Å². The molecule has 0 spiro atoms. The summed E-state index contributed by atoms with van der Waals surface area (Å²) in [6, 6.07) is 6.82. The van der Waals surface area contributed by atoms with Crippen molar-refractivity contribution in [3.8, 4) is 23.0 Å². The minimum Gasteiger partial charge on any atom is -0.497 e. The Morgan fingerprint density at radius 3 is 2.35 bits per heavy atom. The highest BCUT2D eigenvalue weighted by atomic mass is 35.5. The molecule has 4 amide bonds. The highest BCUT2D eigenvalue weighted by Crippen LogP contribution is 2.39. The average Bonchev–Trinajstić information content (AvgIpc) is 2.82. The summed E-state index contributed by atoms with van der Waals surface area (Å²) >= 11 is 6.41. The first-order chi connectivity index (χ1) is 16.2. The maximum absolute atomic E-state index is 13.3. The van der Waals surface area contributed by atoms with Gasteiger partial charge in [-0.2, -0.15) is 0 Å². The molecule has 1 saturated heterocycles. The number of imide groups is 2. The van der Waals surface area contributed by atoms with Crippen LogP contribution in [0.2, 0.25) is 5.02 Å². The minimum absolute atomic E-state index is 0.0969. The Hall–Kier alpha value is -3.72. The van der Waals surface area contributed by atoms with Crippen molar-refractivity contribution in [2.45, 2.75) is 26.4 Å². The Morgan fingerprint density at radius 1 is 1.03 bits per heavy atom. The van der Waals surface area contributed by atoms with Crippen LogP contribution in [-0.2, 0) is 9.59 Å². The number of barbiturate groups is 1. The van der Waals surface area contributed by atoms with E-state index < -0.39 is 17.8 Å². The van der Waals surface area contributed by atoms with E-state index in [0.29, 0.717) is 22.8 Å². The predicted octanol–water partition coefficient (Wildman–Crippen LogP) is 4.21. The Labute approximate surface area is 202 Å². The lowest BCUT2D eigenvalue weighted by Crippen LogP contribution is -2.54. The third kappa shape index (κ3) is 4.94. The molecule has 9 nitrogen and oxygen atoms in total. The van der Waals surface area contributed by atoms with Crippen molar-refractivity contribution < 1.29 is 33.3 Å². The molecule has 3 rings (SSSR count). The zero-order valence-corrected chi connectivity index (χ0v) is 20.2. The topological polar surface area (TPSA) is 103 Å². The van der Waals surface area contributed by atoms with E-state index in [0.717, 1.165) is 11.3 Å². The number of carbonyl (C=O) groups excluding carboxylic acids is 3. The van der Waals surface area contributed by atoms with E-state index in [2.05, 4.69) is 5.32 Å². The standard InChI is InChI=1S/C24H25ClN2O7/c1-6-13(2)34-21-17(25)10-14(11-20(21)33-5)9-16-22(28)26-24(30)27(23(16)29)18-8-7-15(31-3)12-19(18)32-4/h7-13H,6H2,1-5H3,(H,26,28,30)/b16-9+/t13-/m0/s1. The molecule has 0 aromatic heterocycles. The van der Waals surface area contributed by atoms with E-state index in [-0.39, 0.29) is 28.1 Å². The number of carbonyl (C=O) groups is 3. The van der Waals surface area contributed by atoms with E-state index >= 15 is 0 Å². The Balaban J connectivity index is 2.04. The SMILES string of the molecule is CC[C@H](C)Oc1c(Cl)cc(/C=C2\C(=O)NC(=O)N(c3ccc(OC)cc3OC)C2=O)cc1OC. The largest absolute Gasteiger partial charge is 0.497 e. The molecule has 1 N–H and O–H groups in total. The summed E-state index contributed by atoms with van der Waals surface area (Å²) in [4.78, 5) is 39.2. The molecule has 1 aliphatic rings. The number of methoxy groups -OCH3 is 3. The van der Waals surface area contributed by atoms with Crippen LogP contribution in [0.3, 0.4) is 0 Å². The molecule has 0 radical (unpaired) electrons. The molecule has 2 aromatic carbocycles. The number of halogens is 1. The molecule has 10 heteroatoms. The first kappa shape index (κ1) is 24.9. The fraction of sp³-hybridized carbons (Fsp3) is 0.292. The number of ether oxygens (including phenoxy) is 4. The zero-order chi connectivity index (χ0) is 25.0. The number of benzene rings is 2. The van der Waals surface area contributed by atoms with E-state index in [9.17, 15) is 14.4 Å². The zero-order valence-electron chi connectivity index (χ0n) is 19.4. The van der Waals surface area contributed by atoms with Crippen LogP contribution < -0.4 is 29.2 Å². The van der Waals surface area contributed by atoms with Crippen LogP contribution in [0.25, 0.3) is 6.08 Å². The summed E-state index contributed by atoms with van der Waals surface area (Å²) in [7, 11) is 4.33. The van der Waals surface area contributed by atoms with Gasteiger partial charge in [-0.25, -0.2) is 9.69 Å². The normalized spacial score (nSPS) is 15.8. The number of nitrogens with zero attached hydrogens (tertiary/aromatic N) is 1. The third-order valence-electron chi connectivity index (χ3n) is 5.19. The lowest BCUT2D eigenvalue weighted by Gasteiger charge is -2.27. The van der Waals surface area contributed by atoms with Crippen LogP contribution in [0.1, 0.15) is 25.8 Å². The molecule has 1 heterocycles. The molecule has 34 heavy (non-hydrogen) atoms. The van der Waals surface area contributed by atoms with Crippen LogP contribution in [-0.4, -0.2) is 45.3 Å². The van der Waals surface area contributed by atoms with Crippen molar-refractivity contribution in [2.24, 2.45) is 0 Å². The molecule has 2 aromatic rings. The summed E-state index contributed by atoms with van der Waals surface area (Å²) in [6.07, 6.45) is 1.99. The molecule has 1 atom stereocenters. The summed E-state index contributed by atoms with van der Waals surface area (Å²) in [5.41, 5.74) is 0.288. The van der Waals surface area contributed by atoms with Gasteiger partial charge in [0.05, 0.1) is 38.1 Å². The summed E-state index contributed by atoms with van der Waals surface area (Å²) in [6.45, 7) is 3.87. The van der Waals surface area contributed by atoms with Crippen LogP contribution >= 0.6 is 11.6 Å². The number of anilines is 1. The third-order valence-corrected chi connectivity index (χ3v) is 5.47. The molecule has 1 fully saturated rings. The number of amides is 4. The van der Waals surface area contributed by atoms with Gasteiger partial charge in [-0.05, 0) is 49.2 Å². The van der Waals surface area contributed by atoms with Crippen molar-refractivity contribution in [1.82, 2.24) is 5.32 Å². The molecule has 0 aliphatic carbocycles. The highest BCUT2D eigenvalue weighted by molar-refractivity contribution is 6.39. The summed E-state index contributed by atoms with van der Waals surface area (Å²) in [5.74, 6) is -0.277. The second-order valence-corrected chi connectivity index (χ2v) is 7.77. The number of rotatable bonds is 8. The van der Waals surface area contributed by atoms with Gasteiger partial charge in [-0.1, -0.05) is 18.5 Å². The van der Waals surface area contributed by atoms with Gasteiger partial charge in [0.15, 0.2) is 11.5 Å².